The third-order valence-electron chi connectivity index (χ3n) is 5.66. The van der Waals surface area contributed by atoms with Crippen molar-refractivity contribution >= 4 is 11.8 Å². The van der Waals surface area contributed by atoms with Crippen molar-refractivity contribution in [2.45, 2.75) is 25.8 Å². The van der Waals surface area contributed by atoms with Gasteiger partial charge in [-0.3, -0.25) is 14.6 Å². The topological polar surface area (TPSA) is 62.3 Å². The maximum Gasteiger partial charge on any atom is 0.227 e. The zero-order chi connectivity index (χ0) is 18.0. The maximum atomic E-state index is 12.5. The Balaban J connectivity index is 1.28. The van der Waals surface area contributed by atoms with E-state index in [0.717, 1.165) is 30.5 Å². The van der Waals surface area contributed by atoms with E-state index in [-0.39, 0.29) is 23.1 Å². The third kappa shape index (κ3) is 3.47. The summed E-state index contributed by atoms with van der Waals surface area (Å²) in [5.74, 6) is 0.314. The van der Waals surface area contributed by atoms with Crippen LogP contribution in [0.5, 0.6) is 0 Å². The van der Waals surface area contributed by atoms with Gasteiger partial charge in [-0.05, 0) is 36.1 Å². The molecule has 0 radical (unpaired) electrons. The number of benzene rings is 1. The third-order valence-corrected chi connectivity index (χ3v) is 5.66. The number of amides is 2. The molecular weight excluding hydrogens is 326 g/mol. The minimum atomic E-state index is 0.00861. The summed E-state index contributed by atoms with van der Waals surface area (Å²) in [7, 11) is 0. The van der Waals surface area contributed by atoms with Crippen molar-refractivity contribution in [1.29, 1.82) is 0 Å². The zero-order valence-electron chi connectivity index (χ0n) is 14.7. The fourth-order valence-corrected chi connectivity index (χ4v) is 3.97. The predicted molar refractivity (Wildman–Crippen MR) is 98.0 cm³/mol. The number of likely N-dealkylation sites (tertiary alicyclic amines) is 1. The second kappa shape index (κ2) is 6.90. The van der Waals surface area contributed by atoms with Gasteiger partial charge in [-0.25, -0.2) is 0 Å². The molecule has 1 spiro atoms. The lowest BCUT2D eigenvalue weighted by molar-refractivity contribution is -0.130. The quantitative estimate of drug-likeness (QED) is 0.900. The molecule has 5 nitrogen and oxygen atoms in total. The van der Waals surface area contributed by atoms with Gasteiger partial charge in [0.2, 0.25) is 11.8 Å². The van der Waals surface area contributed by atoms with Crippen LogP contribution in [0.1, 0.15) is 24.0 Å². The molecule has 2 amide bonds. The lowest BCUT2D eigenvalue weighted by Crippen LogP contribution is -2.32. The van der Waals surface area contributed by atoms with E-state index in [2.05, 4.69) is 10.3 Å². The Morgan fingerprint density at radius 2 is 1.88 bits per heavy atom. The molecule has 1 aliphatic carbocycles. The average molecular weight is 349 g/mol. The molecule has 2 fully saturated rings. The first-order valence-electron chi connectivity index (χ1n) is 9.15. The number of nitrogens with one attached hydrogen (secondary N) is 1. The van der Waals surface area contributed by atoms with Crippen LogP contribution in [0, 0.1) is 11.3 Å². The van der Waals surface area contributed by atoms with Crippen molar-refractivity contribution in [1.82, 2.24) is 15.2 Å². The summed E-state index contributed by atoms with van der Waals surface area (Å²) >= 11 is 0. The summed E-state index contributed by atoms with van der Waals surface area (Å²) in [6.45, 7) is 2.01. The van der Waals surface area contributed by atoms with Gasteiger partial charge in [0.25, 0.3) is 0 Å². The van der Waals surface area contributed by atoms with Crippen LogP contribution >= 0.6 is 0 Å². The van der Waals surface area contributed by atoms with Gasteiger partial charge in [-0.15, -0.1) is 0 Å². The number of rotatable bonds is 5. The van der Waals surface area contributed by atoms with Gasteiger partial charge in [-0.1, -0.05) is 30.3 Å². The number of carbonyl (C=O) groups is 2. The van der Waals surface area contributed by atoms with Crippen LogP contribution in [-0.2, 0) is 22.6 Å². The molecule has 2 aliphatic rings. The molecule has 2 atom stereocenters. The first-order valence-corrected chi connectivity index (χ1v) is 9.15. The van der Waals surface area contributed by atoms with Crippen LogP contribution in [0.15, 0.2) is 54.9 Å². The monoisotopic (exact) mass is 349 g/mol. The molecule has 2 aromatic rings. The van der Waals surface area contributed by atoms with Gasteiger partial charge in [0.1, 0.15) is 0 Å². The number of nitrogens with zero attached hydrogens (tertiary/aromatic N) is 2. The standard InChI is InChI=1S/C21H23N3O2/c25-19(12-16-4-2-1-3-5-16)24-11-8-21(15-24)13-18(21)20(26)23-14-17-6-9-22-10-7-17/h1-7,9-10,18H,8,11-15H2,(H,23,26). The van der Waals surface area contributed by atoms with Gasteiger partial charge in [0.15, 0.2) is 0 Å². The smallest absolute Gasteiger partial charge is 0.227 e. The van der Waals surface area contributed by atoms with Crippen molar-refractivity contribution < 1.29 is 9.59 Å². The average Bonchev–Trinajstić information content (AvgIpc) is 3.21. The van der Waals surface area contributed by atoms with E-state index < -0.39 is 0 Å². The summed E-state index contributed by atoms with van der Waals surface area (Å²) in [6, 6.07) is 13.6. The second-order valence-electron chi connectivity index (χ2n) is 7.42. The van der Waals surface area contributed by atoms with E-state index in [1.807, 2.05) is 47.4 Å². The SMILES string of the molecule is O=C(NCc1ccncc1)C1CC12CCN(C(=O)Cc1ccccc1)C2. The van der Waals surface area contributed by atoms with Gasteiger partial charge in [0.05, 0.1) is 6.42 Å². The summed E-state index contributed by atoms with van der Waals surface area (Å²) < 4.78 is 0. The largest absolute Gasteiger partial charge is 0.352 e. The molecule has 2 heterocycles. The number of aromatic nitrogens is 1. The van der Waals surface area contributed by atoms with Crippen LogP contribution in [0.3, 0.4) is 0 Å². The highest BCUT2D eigenvalue weighted by atomic mass is 16.2. The number of pyridine rings is 1. The van der Waals surface area contributed by atoms with E-state index in [9.17, 15) is 9.59 Å². The zero-order valence-corrected chi connectivity index (χ0v) is 14.7. The Bertz CT molecular complexity index is 793. The highest BCUT2D eigenvalue weighted by molar-refractivity contribution is 5.84. The van der Waals surface area contributed by atoms with Gasteiger partial charge >= 0.3 is 0 Å². The Hall–Kier alpha value is -2.69. The Labute approximate surface area is 153 Å². The van der Waals surface area contributed by atoms with Crippen molar-refractivity contribution in [3.8, 4) is 0 Å². The first kappa shape index (κ1) is 16.8. The normalized spacial score (nSPS) is 23.8. The van der Waals surface area contributed by atoms with E-state index in [0.29, 0.717) is 19.5 Å². The Kier molecular flexibility index (Phi) is 4.45. The molecule has 1 saturated carbocycles. The molecule has 26 heavy (non-hydrogen) atoms. The van der Waals surface area contributed by atoms with Crippen molar-refractivity contribution in [3.05, 3.63) is 66.0 Å². The van der Waals surface area contributed by atoms with Crippen LogP contribution in [0.2, 0.25) is 0 Å². The summed E-state index contributed by atoms with van der Waals surface area (Å²) in [4.78, 5) is 30.9. The van der Waals surface area contributed by atoms with Crippen LogP contribution < -0.4 is 5.32 Å². The van der Waals surface area contributed by atoms with Crippen molar-refractivity contribution in [2.24, 2.45) is 11.3 Å². The van der Waals surface area contributed by atoms with Gasteiger partial charge < -0.3 is 10.2 Å². The number of carbonyl (C=O) groups excluding carboxylic acids is 2. The van der Waals surface area contributed by atoms with Gasteiger partial charge in [-0.2, -0.15) is 0 Å². The van der Waals surface area contributed by atoms with E-state index in [1.165, 1.54) is 0 Å². The Morgan fingerprint density at radius 1 is 1.12 bits per heavy atom. The lowest BCUT2D eigenvalue weighted by Gasteiger charge is -2.17. The van der Waals surface area contributed by atoms with Crippen LogP contribution in [0.25, 0.3) is 0 Å². The molecule has 1 N–H and O–H groups in total. The molecule has 134 valence electrons. The summed E-state index contributed by atoms with van der Waals surface area (Å²) in [6.07, 6.45) is 5.72. The fraction of sp³-hybridized carbons (Fsp3) is 0.381. The summed E-state index contributed by atoms with van der Waals surface area (Å²) in [5, 5.41) is 3.03. The highest BCUT2D eigenvalue weighted by Crippen LogP contribution is 2.58. The molecule has 1 saturated heterocycles. The minimum Gasteiger partial charge on any atom is -0.352 e. The number of hydrogen-bond donors (Lipinski definition) is 1. The Morgan fingerprint density at radius 3 is 2.65 bits per heavy atom. The van der Waals surface area contributed by atoms with Crippen LogP contribution in [-0.4, -0.2) is 34.8 Å². The molecule has 5 heteroatoms. The molecule has 4 rings (SSSR count). The predicted octanol–water partition coefficient (Wildman–Crippen LogP) is 2.18. The van der Waals surface area contributed by atoms with Crippen molar-refractivity contribution in [3.63, 3.8) is 0 Å². The van der Waals surface area contributed by atoms with E-state index in [4.69, 9.17) is 0 Å². The number of hydrogen-bond acceptors (Lipinski definition) is 3. The summed E-state index contributed by atoms with van der Waals surface area (Å²) in [5.41, 5.74) is 2.10. The van der Waals surface area contributed by atoms with E-state index in [1.54, 1.807) is 12.4 Å². The molecule has 1 aromatic carbocycles. The minimum absolute atomic E-state index is 0.00861. The lowest BCUT2D eigenvalue weighted by atomic mass is 10.0. The molecule has 1 aromatic heterocycles. The highest BCUT2D eigenvalue weighted by Gasteiger charge is 2.61. The maximum absolute atomic E-state index is 12.5. The second-order valence-corrected chi connectivity index (χ2v) is 7.42. The van der Waals surface area contributed by atoms with Gasteiger partial charge in [0, 0.05) is 43.4 Å². The van der Waals surface area contributed by atoms with Crippen molar-refractivity contribution in [2.75, 3.05) is 13.1 Å². The fourth-order valence-electron chi connectivity index (χ4n) is 3.97. The molecule has 1 aliphatic heterocycles. The molecular formula is C21H23N3O2. The molecule has 2 unspecified atom stereocenters. The van der Waals surface area contributed by atoms with E-state index >= 15 is 0 Å². The first-order chi connectivity index (χ1) is 12.7. The molecule has 0 bridgehead atoms. The van der Waals surface area contributed by atoms with Crippen LogP contribution in [0.4, 0.5) is 0 Å².